The largest absolute Gasteiger partial charge is 0.312 e. The molecule has 0 aromatic rings. The minimum atomic E-state index is 0.349. The van der Waals surface area contributed by atoms with Gasteiger partial charge < -0.3 is 10.2 Å². The van der Waals surface area contributed by atoms with Crippen LogP contribution in [0.4, 0.5) is 0 Å². The van der Waals surface area contributed by atoms with Crippen molar-refractivity contribution < 1.29 is 0 Å². The van der Waals surface area contributed by atoms with Crippen LogP contribution in [-0.4, -0.2) is 37.1 Å². The Hall–Kier alpha value is -0.0800. The normalized spacial score (nSPS) is 20.1. The average Bonchev–Trinajstić information content (AvgIpc) is 2.75. The molecule has 0 aliphatic heterocycles. The summed E-state index contributed by atoms with van der Waals surface area (Å²) in [4.78, 5) is 2.59. The third-order valence-corrected chi connectivity index (χ3v) is 4.10. The molecule has 0 spiro atoms. The Balaban J connectivity index is 2.46. The number of hydrogen-bond donors (Lipinski definition) is 1. The van der Waals surface area contributed by atoms with E-state index in [1.165, 1.54) is 38.6 Å². The van der Waals surface area contributed by atoms with Gasteiger partial charge in [-0.25, -0.2) is 0 Å². The fourth-order valence-corrected chi connectivity index (χ4v) is 2.75. The van der Waals surface area contributed by atoms with Gasteiger partial charge in [0.1, 0.15) is 0 Å². The Morgan fingerprint density at radius 3 is 2.29 bits per heavy atom. The summed E-state index contributed by atoms with van der Waals surface area (Å²) in [6.45, 7) is 11.6. The summed E-state index contributed by atoms with van der Waals surface area (Å²) in [7, 11) is 2.31. The molecular weight excluding hydrogens is 208 g/mol. The van der Waals surface area contributed by atoms with Gasteiger partial charge >= 0.3 is 0 Å². The fourth-order valence-electron chi connectivity index (χ4n) is 2.75. The zero-order valence-electron chi connectivity index (χ0n) is 12.6. The van der Waals surface area contributed by atoms with Crippen LogP contribution in [0.15, 0.2) is 0 Å². The molecule has 0 aromatic heterocycles. The van der Waals surface area contributed by atoms with E-state index in [4.69, 9.17) is 0 Å². The van der Waals surface area contributed by atoms with Crippen molar-refractivity contribution in [2.24, 2.45) is 5.41 Å². The Morgan fingerprint density at radius 1 is 1.24 bits per heavy atom. The van der Waals surface area contributed by atoms with Gasteiger partial charge in [-0.3, -0.25) is 0 Å². The van der Waals surface area contributed by atoms with E-state index < -0.39 is 0 Å². The molecule has 1 unspecified atom stereocenters. The van der Waals surface area contributed by atoms with Gasteiger partial charge in [0.15, 0.2) is 0 Å². The van der Waals surface area contributed by atoms with E-state index in [-0.39, 0.29) is 0 Å². The van der Waals surface area contributed by atoms with E-state index in [0.717, 1.165) is 12.6 Å². The van der Waals surface area contributed by atoms with Gasteiger partial charge in [-0.15, -0.1) is 0 Å². The van der Waals surface area contributed by atoms with Crippen LogP contribution in [-0.2, 0) is 0 Å². The van der Waals surface area contributed by atoms with Gasteiger partial charge in [-0.05, 0) is 38.3 Å². The van der Waals surface area contributed by atoms with E-state index in [2.05, 4.69) is 45.0 Å². The Labute approximate surface area is 108 Å². The molecule has 2 heteroatoms. The van der Waals surface area contributed by atoms with Crippen molar-refractivity contribution in [3.05, 3.63) is 0 Å². The topological polar surface area (TPSA) is 15.3 Å². The summed E-state index contributed by atoms with van der Waals surface area (Å²) in [6, 6.07) is 1.44. The summed E-state index contributed by atoms with van der Waals surface area (Å²) in [6.07, 6.45) is 6.89. The molecule has 0 aromatic carbocycles. The van der Waals surface area contributed by atoms with Crippen molar-refractivity contribution in [1.82, 2.24) is 10.2 Å². The van der Waals surface area contributed by atoms with Crippen molar-refractivity contribution >= 4 is 0 Å². The summed E-state index contributed by atoms with van der Waals surface area (Å²) >= 11 is 0. The Kier molecular flexibility index (Phi) is 5.94. The molecule has 102 valence electrons. The molecule has 2 nitrogen and oxygen atoms in total. The highest BCUT2D eigenvalue weighted by Crippen LogP contribution is 2.25. The van der Waals surface area contributed by atoms with Crippen LogP contribution in [0, 0.1) is 5.41 Å². The minimum absolute atomic E-state index is 0.349. The minimum Gasteiger partial charge on any atom is -0.312 e. The monoisotopic (exact) mass is 240 g/mol. The summed E-state index contributed by atoms with van der Waals surface area (Å²) in [5, 5.41) is 3.72. The number of rotatable bonds is 6. The second-order valence-electron chi connectivity index (χ2n) is 6.75. The molecule has 0 saturated heterocycles. The van der Waals surface area contributed by atoms with Crippen LogP contribution in [0.3, 0.4) is 0 Å². The SMILES string of the molecule is CCCNC(CN(C)C1CCCC1)C(C)(C)C. The first-order valence-corrected chi connectivity index (χ1v) is 7.38. The van der Waals surface area contributed by atoms with Crippen molar-refractivity contribution in [3.63, 3.8) is 0 Å². The van der Waals surface area contributed by atoms with Gasteiger partial charge in [0.25, 0.3) is 0 Å². The van der Waals surface area contributed by atoms with Crippen LogP contribution in [0.5, 0.6) is 0 Å². The molecule has 1 atom stereocenters. The maximum absolute atomic E-state index is 3.72. The molecular formula is C15H32N2. The molecule has 1 aliphatic carbocycles. The van der Waals surface area contributed by atoms with Gasteiger partial charge in [0, 0.05) is 18.6 Å². The molecule has 1 N–H and O–H groups in total. The van der Waals surface area contributed by atoms with Gasteiger partial charge in [0.05, 0.1) is 0 Å². The lowest BCUT2D eigenvalue weighted by Crippen LogP contribution is -2.49. The molecule has 0 heterocycles. The van der Waals surface area contributed by atoms with E-state index in [1.54, 1.807) is 0 Å². The third kappa shape index (κ3) is 4.97. The molecule has 1 fully saturated rings. The van der Waals surface area contributed by atoms with Crippen LogP contribution < -0.4 is 5.32 Å². The predicted octanol–water partition coefficient (Wildman–Crippen LogP) is 3.28. The second-order valence-corrected chi connectivity index (χ2v) is 6.75. The highest BCUT2D eigenvalue weighted by molar-refractivity contribution is 4.85. The molecule has 17 heavy (non-hydrogen) atoms. The van der Waals surface area contributed by atoms with E-state index in [1.807, 2.05) is 0 Å². The zero-order chi connectivity index (χ0) is 12.9. The Morgan fingerprint density at radius 2 is 1.82 bits per heavy atom. The quantitative estimate of drug-likeness (QED) is 0.766. The summed E-state index contributed by atoms with van der Waals surface area (Å²) in [5.74, 6) is 0. The Bertz CT molecular complexity index is 201. The van der Waals surface area contributed by atoms with Crippen molar-refractivity contribution in [2.75, 3.05) is 20.1 Å². The maximum atomic E-state index is 3.72. The highest BCUT2D eigenvalue weighted by Gasteiger charge is 2.28. The third-order valence-electron chi connectivity index (χ3n) is 4.10. The first kappa shape index (κ1) is 15.0. The average molecular weight is 240 g/mol. The van der Waals surface area contributed by atoms with Crippen LogP contribution in [0.2, 0.25) is 0 Å². The first-order chi connectivity index (χ1) is 7.95. The zero-order valence-corrected chi connectivity index (χ0v) is 12.6. The number of likely N-dealkylation sites (N-methyl/N-ethyl adjacent to an activating group) is 1. The summed E-state index contributed by atoms with van der Waals surface area (Å²) in [5.41, 5.74) is 0.349. The van der Waals surface area contributed by atoms with Crippen LogP contribution in [0.1, 0.15) is 59.8 Å². The predicted molar refractivity (Wildman–Crippen MR) is 76.4 cm³/mol. The highest BCUT2D eigenvalue weighted by atomic mass is 15.2. The van der Waals surface area contributed by atoms with E-state index in [0.29, 0.717) is 11.5 Å². The maximum Gasteiger partial charge on any atom is 0.0243 e. The van der Waals surface area contributed by atoms with Gasteiger partial charge in [-0.1, -0.05) is 40.5 Å². The molecule has 1 saturated carbocycles. The number of nitrogens with zero attached hydrogens (tertiary/aromatic N) is 1. The molecule has 0 radical (unpaired) electrons. The lowest BCUT2D eigenvalue weighted by molar-refractivity contribution is 0.160. The van der Waals surface area contributed by atoms with Crippen molar-refractivity contribution in [3.8, 4) is 0 Å². The fraction of sp³-hybridized carbons (Fsp3) is 1.00. The van der Waals surface area contributed by atoms with E-state index in [9.17, 15) is 0 Å². The van der Waals surface area contributed by atoms with Crippen LogP contribution >= 0.6 is 0 Å². The molecule has 0 bridgehead atoms. The standard InChI is InChI=1S/C15H32N2/c1-6-11-16-14(15(2,3)4)12-17(5)13-9-7-8-10-13/h13-14,16H,6-12H2,1-5H3. The lowest BCUT2D eigenvalue weighted by Gasteiger charge is -2.37. The van der Waals surface area contributed by atoms with Gasteiger partial charge in [0.2, 0.25) is 0 Å². The smallest absolute Gasteiger partial charge is 0.0243 e. The number of hydrogen-bond acceptors (Lipinski definition) is 2. The first-order valence-electron chi connectivity index (χ1n) is 7.38. The molecule has 0 amide bonds. The molecule has 1 rings (SSSR count). The molecule has 1 aliphatic rings. The van der Waals surface area contributed by atoms with Crippen molar-refractivity contribution in [1.29, 1.82) is 0 Å². The van der Waals surface area contributed by atoms with E-state index >= 15 is 0 Å². The second kappa shape index (κ2) is 6.75. The van der Waals surface area contributed by atoms with Crippen LogP contribution in [0.25, 0.3) is 0 Å². The lowest BCUT2D eigenvalue weighted by atomic mass is 9.86. The summed E-state index contributed by atoms with van der Waals surface area (Å²) < 4.78 is 0. The van der Waals surface area contributed by atoms with Gasteiger partial charge in [-0.2, -0.15) is 0 Å². The number of nitrogens with one attached hydrogen (secondary N) is 1. The van der Waals surface area contributed by atoms with Crippen molar-refractivity contribution in [2.45, 2.75) is 71.9 Å².